The molecule has 13 aromatic rings. The summed E-state index contributed by atoms with van der Waals surface area (Å²) in [6.45, 7) is 4.45. The molecule has 2 aliphatic heterocycles. The second-order valence-corrected chi connectivity index (χ2v) is 22.4. The van der Waals surface area contributed by atoms with Crippen molar-refractivity contribution in [2.24, 2.45) is 0 Å². The Labute approximate surface area is 499 Å². The van der Waals surface area contributed by atoms with Crippen LogP contribution in [-0.2, 0) is 5.41 Å². The van der Waals surface area contributed by atoms with Gasteiger partial charge in [0.25, 0.3) is 0 Å². The van der Waals surface area contributed by atoms with E-state index in [1.54, 1.807) is 0 Å². The van der Waals surface area contributed by atoms with E-state index >= 15 is 0 Å². The van der Waals surface area contributed by atoms with Gasteiger partial charge in [-0.2, -0.15) is 0 Å². The van der Waals surface area contributed by atoms with Crippen molar-refractivity contribution in [2.75, 3.05) is 9.80 Å². The lowest BCUT2D eigenvalue weighted by Gasteiger charge is -2.49. The van der Waals surface area contributed by atoms with Crippen LogP contribution in [-0.4, -0.2) is 6.71 Å². The molecule has 85 heavy (non-hydrogen) atoms. The summed E-state index contributed by atoms with van der Waals surface area (Å²) in [5, 5.41) is 0. The van der Waals surface area contributed by atoms with Crippen LogP contribution in [0, 0.1) is 13.8 Å². The van der Waals surface area contributed by atoms with Crippen LogP contribution >= 0.6 is 0 Å². The first kappa shape index (κ1) is 51.2. The summed E-state index contributed by atoms with van der Waals surface area (Å²) in [7, 11) is 0. The molecule has 1 spiro atoms. The molecule has 4 heteroatoms. The number of nitrogens with zero attached hydrogens (tertiary/aromatic N) is 2. The molecule has 0 radical (unpaired) electrons. The highest BCUT2D eigenvalue weighted by molar-refractivity contribution is 6.97. The molecule has 2 aliphatic rings. The molecule has 0 saturated carbocycles. The molecule has 0 fully saturated rings. The molecule has 13 aromatic carbocycles. The Morgan fingerprint density at radius 3 is 0.894 bits per heavy atom. The quantitative estimate of drug-likeness (QED) is 0.120. The molecule has 15 rings (SSSR count). The molecular formula is C81H59BN2O. The van der Waals surface area contributed by atoms with Crippen molar-refractivity contribution < 1.29 is 4.74 Å². The van der Waals surface area contributed by atoms with E-state index in [1.807, 2.05) is 0 Å². The normalized spacial score (nSPS) is 12.5. The van der Waals surface area contributed by atoms with E-state index in [-0.39, 0.29) is 6.71 Å². The molecule has 0 unspecified atom stereocenters. The average molecular weight is 1090 g/mol. The largest absolute Gasteiger partial charge is 0.452 e. The molecule has 0 aliphatic carbocycles. The maximum atomic E-state index is 8.32. The first-order chi connectivity index (χ1) is 42.0. The number of fused-ring (bicyclic) bond motifs is 8. The van der Waals surface area contributed by atoms with Crippen LogP contribution in [0.2, 0.25) is 0 Å². The average Bonchev–Trinajstić information content (AvgIpc) is 0.706. The Balaban J connectivity index is 1.20. The lowest BCUT2D eigenvalue weighted by molar-refractivity contribution is 0.437. The molecule has 0 atom stereocenters. The van der Waals surface area contributed by atoms with Gasteiger partial charge in [-0.1, -0.05) is 276 Å². The van der Waals surface area contributed by atoms with Crippen LogP contribution in [0.5, 0.6) is 11.5 Å². The van der Waals surface area contributed by atoms with Gasteiger partial charge in [-0.15, -0.1) is 0 Å². The summed E-state index contributed by atoms with van der Waals surface area (Å²) in [6, 6.07) is 118. The zero-order valence-corrected chi connectivity index (χ0v) is 47.5. The van der Waals surface area contributed by atoms with Crippen molar-refractivity contribution in [3.8, 4) is 56.0 Å². The third kappa shape index (κ3) is 8.85. The summed E-state index contributed by atoms with van der Waals surface area (Å²) in [5.74, 6) is 1.54. The van der Waals surface area contributed by atoms with Crippen molar-refractivity contribution >= 4 is 57.2 Å². The van der Waals surface area contributed by atoms with Crippen molar-refractivity contribution in [3.63, 3.8) is 0 Å². The minimum atomic E-state index is -1.08. The number of hydrogen-bond acceptors (Lipinski definition) is 3. The summed E-state index contributed by atoms with van der Waals surface area (Å²) in [6.07, 6.45) is 0. The smallest absolute Gasteiger partial charge is 0.242 e. The summed E-state index contributed by atoms with van der Waals surface area (Å²) in [5.41, 5.74) is 24.6. The third-order valence-corrected chi connectivity index (χ3v) is 17.5. The molecule has 2 heterocycles. The number of rotatable bonds is 11. The third-order valence-electron chi connectivity index (χ3n) is 17.5. The van der Waals surface area contributed by atoms with Gasteiger partial charge in [-0.3, -0.25) is 0 Å². The molecule has 0 amide bonds. The molecule has 0 N–H and O–H groups in total. The van der Waals surface area contributed by atoms with Crippen molar-refractivity contribution in [2.45, 2.75) is 19.3 Å². The molecule has 0 saturated heterocycles. The number of anilines is 6. The summed E-state index contributed by atoms with van der Waals surface area (Å²) >= 11 is 0. The predicted molar refractivity (Wildman–Crippen MR) is 357 cm³/mol. The minimum absolute atomic E-state index is 0.134. The summed E-state index contributed by atoms with van der Waals surface area (Å²) in [4.78, 5) is 4.80. The van der Waals surface area contributed by atoms with Crippen molar-refractivity contribution in [1.82, 2.24) is 0 Å². The van der Waals surface area contributed by atoms with Gasteiger partial charge >= 0.3 is 0 Å². The van der Waals surface area contributed by atoms with Gasteiger partial charge < -0.3 is 14.5 Å². The number of aryl methyl sites for hydroxylation is 2. The van der Waals surface area contributed by atoms with Crippen LogP contribution in [0.1, 0.15) is 33.4 Å². The van der Waals surface area contributed by atoms with Gasteiger partial charge in [0.1, 0.15) is 0 Å². The van der Waals surface area contributed by atoms with E-state index in [4.69, 9.17) is 4.74 Å². The second kappa shape index (κ2) is 21.6. The van der Waals surface area contributed by atoms with E-state index in [9.17, 15) is 0 Å². The van der Waals surface area contributed by atoms with Crippen LogP contribution in [0.25, 0.3) is 44.5 Å². The van der Waals surface area contributed by atoms with Crippen LogP contribution in [0.3, 0.4) is 0 Å². The van der Waals surface area contributed by atoms with Crippen LogP contribution in [0.4, 0.5) is 34.1 Å². The molecule has 402 valence electrons. The Kier molecular flexibility index (Phi) is 13.0. The standard InChI is InChI=1S/C81H59BN2O/c1-56-28-27-29-57(2)78(56)82-74-48-46-62(58-30-11-3-12-31-58)50-70(74)81(71-51-63(47-49-75(71)82)59-32-13-4-14-33-59)72-52-64(60-34-15-5-16-35-60)54-76(83(66-38-19-7-20-39-66)67-40-21-8-22-41-67)79(72)85-80-73(81)53-65(61-36-17-6-18-37-61)55-77(80)84(68-42-23-9-24-43-68)69-44-25-10-26-45-69/h3-55H,1-2H3. The fraction of sp³-hybridized carbons (Fsp3) is 0.0370. The number of ether oxygens (including phenoxy) is 1. The molecule has 0 bridgehead atoms. The molecule has 3 nitrogen and oxygen atoms in total. The molecule has 0 aromatic heterocycles. The Bertz CT molecular complexity index is 4190. The Morgan fingerprint density at radius 2 is 0.565 bits per heavy atom. The maximum absolute atomic E-state index is 8.32. The highest BCUT2D eigenvalue weighted by atomic mass is 16.5. The highest BCUT2D eigenvalue weighted by Gasteiger charge is 2.55. The minimum Gasteiger partial charge on any atom is -0.452 e. The number of benzene rings is 13. The zero-order chi connectivity index (χ0) is 56.8. The number of para-hydroxylation sites is 4. The Hall–Kier alpha value is -10.7. The summed E-state index contributed by atoms with van der Waals surface area (Å²) < 4.78 is 8.32. The van der Waals surface area contributed by atoms with Gasteiger partial charge in [-0.05, 0) is 142 Å². The van der Waals surface area contributed by atoms with E-state index in [0.717, 1.165) is 101 Å². The van der Waals surface area contributed by atoms with Crippen molar-refractivity contribution in [1.29, 1.82) is 0 Å². The van der Waals surface area contributed by atoms with Crippen LogP contribution in [0.15, 0.2) is 322 Å². The fourth-order valence-corrected chi connectivity index (χ4v) is 13.7. The lowest BCUT2D eigenvalue weighted by Crippen LogP contribution is -2.63. The zero-order valence-electron chi connectivity index (χ0n) is 47.5. The van der Waals surface area contributed by atoms with E-state index in [1.165, 1.54) is 38.6 Å². The Morgan fingerprint density at radius 1 is 0.271 bits per heavy atom. The van der Waals surface area contributed by atoms with Crippen LogP contribution < -0.4 is 30.9 Å². The maximum Gasteiger partial charge on any atom is 0.242 e. The topological polar surface area (TPSA) is 15.7 Å². The van der Waals surface area contributed by atoms with Crippen molar-refractivity contribution in [3.05, 3.63) is 355 Å². The molecular weight excluding hydrogens is 1030 g/mol. The fourth-order valence-electron chi connectivity index (χ4n) is 13.7. The number of hydrogen-bond donors (Lipinski definition) is 0. The SMILES string of the molecule is Cc1cccc(C)c1B1c2ccc(-c3ccccc3)cc2C2(c3cc(-c4ccccc4)ccc31)c1cc(-c3ccccc3)cc(N(c3ccccc3)c3ccccc3)c1Oc1c(N(c3ccccc3)c3ccccc3)cc(-c3ccccc3)cc12. The van der Waals surface area contributed by atoms with Gasteiger partial charge in [0.05, 0.1) is 16.8 Å². The highest BCUT2D eigenvalue weighted by Crippen LogP contribution is 2.63. The monoisotopic (exact) mass is 1090 g/mol. The van der Waals surface area contributed by atoms with Gasteiger partial charge in [0, 0.05) is 33.9 Å². The van der Waals surface area contributed by atoms with Gasteiger partial charge in [0.15, 0.2) is 11.5 Å². The van der Waals surface area contributed by atoms with E-state index < -0.39 is 5.41 Å². The van der Waals surface area contributed by atoms with E-state index in [2.05, 4.69) is 345 Å². The lowest BCUT2D eigenvalue weighted by atomic mass is 9.29. The predicted octanol–water partition coefficient (Wildman–Crippen LogP) is 19.2. The first-order valence-electron chi connectivity index (χ1n) is 29.4. The van der Waals surface area contributed by atoms with Gasteiger partial charge in [-0.25, -0.2) is 0 Å². The second-order valence-electron chi connectivity index (χ2n) is 22.4. The van der Waals surface area contributed by atoms with E-state index in [0.29, 0.717) is 0 Å². The van der Waals surface area contributed by atoms with Gasteiger partial charge in [0.2, 0.25) is 6.71 Å². The first-order valence-corrected chi connectivity index (χ1v) is 29.4.